The molecule has 4 nitrogen and oxygen atoms in total. The second-order valence-electron chi connectivity index (χ2n) is 4.56. The van der Waals surface area contributed by atoms with E-state index in [1.165, 1.54) is 0 Å². The largest absolute Gasteiger partial charge is 0.388 e. The van der Waals surface area contributed by atoms with Crippen LogP contribution in [0.3, 0.4) is 0 Å². The Morgan fingerprint density at radius 2 is 2.29 bits per heavy atom. The van der Waals surface area contributed by atoms with Crippen LogP contribution in [0.5, 0.6) is 0 Å². The molecule has 0 radical (unpaired) electrons. The molecule has 0 aliphatic rings. The molecule has 0 spiro atoms. The number of aryl methyl sites for hydroxylation is 1. The van der Waals surface area contributed by atoms with Crippen LogP contribution in [0.1, 0.15) is 37.8 Å². The van der Waals surface area contributed by atoms with E-state index >= 15 is 0 Å². The first-order chi connectivity index (χ1) is 8.00. The number of pyridine rings is 1. The van der Waals surface area contributed by atoms with E-state index in [4.69, 9.17) is 5.26 Å². The van der Waals surface area contributed by atoms with Gasteiger partial charge in [-0.15, -0.1) is 0 Å². The van der Waals surface area contributed by atoms with Crippen LogP contribution in [-0.4, -0.2) is 22.2 Å². The third-order valence-corrected chi connectivity index (χ3v) is 2.70. The zero-order valence-corrected chi connectivity index (χ0v) is 10.6. The highest BCUT2D eigenvalue weighted by Gasteiger charge is 2.19. The second kappa shape index (κ2) is 5.65. The van der Waals surface area contributed by atoms with Gasteiger partial charge >= 0.3 is 0 Å². The number of hydrogen-bond acceptors (Lipinski definition) is 4. The Kier molecular flexibility index (Phi) is 4.47. The lowest BCUT2D eigenvalue weighted by molar-refractivity contribution is 0.0636. The third kappa shape index (κ3) is 3.72. The lowest BCUT2D eigenvalue weighted by Gasteiger charge is -2.23. The molecule has 0 aliphatic heterocycles. The molecule has 1 atom stereocenters. The maximum Gasteiger partial charge on any atom is 0.144 e. The molecule has 2 N–H and O–H groups in total. The minimum Gasteiger partial charge on any atom is -0.388 e. The van der Waals surface area contributed by atoms with Crippen LogP contribution < -0.4 is 5.32 Å². The van der Waals surface area contributed by atoms with Gasteiger partial charge in [0.1, 0.15) is 11.9 Å². The van der Waals surface area contributed by atoms with Crippen molar-refractivity contribution in [1.29, 1.82) is 5.26 Å². The monoisotopic (exact) mass is 233 g/mol. The maximum absolute atomic E-state index is 10.0. The van der Waals surface area contributed by atoms with E-state index in [0.717, 1.165) is 12.0 Å². The van der Waals surface area contributed by atoms with E-state index in [9.17, 15) is 5.11 Å². The highest BCUT2D eigenvalue weighted by atomic mass is 16.3. The summed E-state index contributed by atoms with van der Waals surface area (Å²) in [5.41, 5.74) is 0.660. The van der Waals surface area contributed by atoms with Crippen LogP contribution in [0.4, 0.5) is 5.82 Å². The summed E-state index contributed by atoms with van der Waals surface area (Å²) in [6, 6.07) is 3.92. The highest BCUT2D eigenvalue weighted by molar-refractivity contribution is 5.55. The molecule has 1 rings (SSSR count). The minimum atomic E-state index is -0.771. The lowest BCUT2D eigenvalue weighted by atomic mass is 10.0. The Balaban J connectivity index is 2.77. The molecule has 1 aromatic heterocycles. The third-order valence-electron chi connectivity index (χ3n) is 2.70. The van der Waals surface area contributed by atoms with Crippen LogP contribution >= 0.6 is 0 Å². The standard InChI is InChI=1S/C13H19N3O/c1-4-6-13(3,17)9-16-12-11(8-14)10(2)5-7-15-12/h5,7,17H,4,6,9H2,1-3H3,(H,15,16). The molecule has 0 saturated heterocycles. The van der Waals surface area contributed by atoms with Gasteiger partial charge in [-0.25, -0.2) is 4.98 Å². The van der Waals surface area contributed by atoms with Crippen LogP contribution in [0.15, 0.2) is 12.3 Å². The fraction of sp³-hybridized carbons (Fsp3) is 0.538. The van der Waals surface area contributed by atoms with Gasteiger partial charge in [-0.2, -0.15) is 5.26 Å². The van der Waals surface area contributed by atoms with Crippen molar-refractivity contribution in [3.63, 3.8) is 0 Å². The summed E-state index contributed by atoms with van der Waals surface area (Å²) >= 11 is 0. The number of nitriles is 1. The Bertz CT molecular complexity index is 421. The van der Waals surface area contributed by atoms with Crippen molar-refractivity contribution in [3.8, 4) is 6.07 Å². The second-order valence-corrected chi connectivity index (χ2v) is 4.56. The normalized spacial score (nSPS) is 13.8. The van der Waals surface area contributed by atoms with Crippen LogP contribution in [0.25, 0.3) is 0 Å². The summed E-state index contributed by atoms with van der Waals surface area (Å²) in [5.74, 6) is 0.545. The zero-order valence-electron chi connectivity index (χ0n) is 10.6. The summed E-state index contributed by atoms with van der Waals surface area (Å²) < 4.78 is 0. The van der Waals surface area contributed by atoms with Crippen LogP contribution in [0, 0.1) is 18.3 Å². The van der Waals surface area contributed by atoms with Gasteiger partial charge in [-0.3, -0.25) is 0 Å². The predicted octanol–water partition coefficient (Wildman–Crippen LogP) is 2.22. The zero-order chi connectivity index (χ0) is 12.9. The van der Waals surface area contributed by atoms with Gasteiger partial charge in [0, 0.05) is 12.7 Å². The SMILES string of the molecule is CCCC(C)(O)CNc1nccc(C)c1C#N. The van der Waals surface area contributed by atoms with Gasteiger partial charge in [0.25, 0.3) is 0 Å². The highest BCUT2D eigenvalue weighted by Crippen LogP contribution is 2.18. The molecular formula is C13H19N3O. The van der Waals surface area contributed by atoms with Gasteiger partial charge in [-0.05, 0) is 31.9 Å². The molecule has 92 valence electrons. The van der Waals surface area contributed by atoms with E-state index in [0.29, 0.717) is 24.3 Å². The number of aromatic nitrogens is 1. The van der Waals surface area contributed by atoms with Crippen LogP contribution in [0.2, 0.25) is 0 Å². The molecule has 4 heteroatoms. The Labute approximate surface area is 102 Å². The number of nitrogens with one attached hydrogen (secondary N) is 1. The fourth-order valence-electron chi connectivity index (χ4n) is 1.73. The van der Waals surface area contributed by atoms with Crippen molar-refractivity contribution >= 4 is 5.82 Å². The Hall–Kier alpha value is -1.60. The van der Waals surface area contributed by atoms with E-state index < -0.39 is 5.60 Å². The first kappa shape index (κ1) is 13.5. The summed E-state index contributed by atoms with van der Waals surface area (Å²) in [4.78, 5) is 4.13. The molecule has 0 amide bonds. The fourth-order valence-corrected chi connectivity index (χ4v) is 1.73. The molecular weight excluding hydrogens is 214 g/mol. The van der Waals surface area contributed by atoms with E-state index in [-0.39, 0.29) is 0 Å². The smallest absolute Gasteiger partial charge is 0.144 e. The van der Waals surface area contributed by atoms with Crippen molar-refractivity contribution in [2.75, 3.05) is 11.9 Å². The topological polar surface area (TPSA) is 68.9 Å². The predicted molar refractivity (Wildman–Crippen MR) is 67.7 cm³/mol. The van der Waals surface area contributed by atoms with Crippen molar-refractivity contribution in [2.45, 2.75) is 39.2 Å². The van der Waals surface area contributed by atoms with Crippen molar-refractivity contribution in [1.82, 2.24) is 4.98 Å². The van der Waals surface area contributed by atoms with Gasteiger partial charge in [-0.1, -0.05) is 13.3 Å². The van der Waals surface area contributed by atoms with Gasteiger partial charge in [0.15, 0.2) is 0 Å². The molecule has 1 unspecified atom stereocenters. The van der Waals surface area contributed by atoms with E-state index in [1.54, 1.807) is 19.2 Å². The van der Waals surface area contributed by atoms with Crippen LogP contribution in [-0.2, 0) is 0 Å². The first-order valence-corrected chi connectivity index (χ1v) is 5.82. The Morgan fingerprint density at radius 1 is 1.59 bits per heavy atom. The van der Waals surface area contributed by atoms with Crippen molar-refractivity contribution < 1.29 is 5.11 Å². The van der Waals surface area contributed by atoms with Gasteiger partial charge in [0.2, 0.25) is 0 Å². The summed E-state index contributed by atoms with van der Waals surface area (Å²) in [5, 5.41) is 22.1. The maximum atomic E-state index is 10.0. The number of aliphatic hydroxyl groups is 1. The number of rotatable bonds is 5. The average Bonchev–Trinajstić information content (AvgIpc) is 2.26. The first-order valence-electron chi connectivity index (χ1n) is 5.82. The van der Waals surface area contributed by atoms with E-state index in [2.05, 4.69) is 16.4 Å². The van der Waals surface area contributed by atoms with Crippen molar-refractivity contribution in [3.05, 3.63) is 23.4 Å². The molecule has 0 aromatic carbocycles. The quantitative estimate of drug-likeness (QED) is 0.818. The number of anilines is 1. The summed E-state index contributed by atoms with van der Waals surface area (Å²) in [7, 11) is 0. The molecule has 0 aliphatic carbocycles. The Morgan fingerprint density at radius 3 is 2.88 bits per heavy atom. The molecule has 1 aromatic rings. The van der Waals surface area contributed by atoms with E-state index in [1.807, 2.05) is 13.8 Å². The number of nitrogens with zero attached hydrogens (tertiary/aromatic N) is 2. The molecule has 0 fully saturated rings. The summed E-state index contributed by atoms with van der Waals surface area (Å²) in [6.45, 7) is 6.08. The molecule has 17 heavy (non-hydrogen) atoms. The molecule has 0 saturated carbocycles. The van der Waals surface area contributed by atoms with Gasteiger partial charge in [0.05, 0.1) is 11.2 Å². The summed E-state index contributed by atoms with van der Waals surface area (Å²) in [6.07, 6.45) is 3.29. The number of hydrogen-bond donors (Lipinski definition) is 2. The molecule has 1 heterocycles. The van der Waals surface area contributed by atoms with Gasteiger partial charge < -0.3 is 10.4 Å². The lowest BCUT2D eigenvalue weighted by Crippen LogP contribution is -2.33. The minimum absolute atomic E-state index is 0.395. The van der Waals surface area contributed by atoms with Crippen molar-refractivity contribution in [2.24, 2.45) is 0 Å². The average molecular weight is 233 g/mol. The molecule has 0 bridgehead atoms.